The van der Waals surface area contributed by atoms with E-state index in [1.54, 1.807) is 0 Å². The Hall–Kier alpha value is -0.590. The Labute approximate surface area is 107 Å². The second-order valence-electron chi connectivity index (χ2n) is 7.04. The molecule has 0 saturated carbocycles. The Bertz CT molecular complexity index is 345. The smallest absolute Gasteiger partial charge is 0.0639 e. The van der Waals surface area contributed by atoms with Crippen LogP contribution < -0.4 is 0 Å². The molecule has 1 heteroatoms. The summed E-state index contributed by atoms with van der Waals surface area (Å²) in [5, 5.41) is 0. The Morgan fingerprint density at radius 3 is 2.00 bits per heavy atom. The van der Waals surface area contributed by atoms with Gasteiger partial charge >= 0.3 is 0 Å². The normalized spacial score (nSPS) is 29.1. The van der Waals surface area contributed by atoms with Crippen LogP contribution in [0.1, 0.15) is 55.4 Å². The predicted octanol–water partition coefficient (Wildman–Crippen LogP) is 4.73. The van der Waals surface area contributed by atoms with Crippen molar-refractivity contribution in [3.8, 4) is 0 Å². The van der Waals surface area contributed by atoms with Crippen molar-refractivity contribution < 1.29 is 0 Å². The molecule has 0 radical (unpaired) electrons. The van der Waals surface area contributed by atoms with Crippen LogP contribution in [0, 0.1) is 23.2 Å². The van der Waals surface area contributed by atoms with Crippen LogP contribution in [-0.4, -0.2) is 11.3 Å². The molecule has 1 aliphatic rings. The average molecular weight is 235 g/mol. The molecule has 0 aromatic heterocycles. The average Bonchev–Trinajstić information content (AvgIpc) is 2.14. The standard InChI is InChI=1S/C16H29N/c1-10(2)11(3)14-12(4)15(6,7)16(8,9)17-13(14)5/h10-11,14H,4H2,1-3,5-9H3. The Morgan fingerprint density at radius 2 is 1.59 bits per heavy atom. The quantitative estimate of drug-likeness (QED) is 0.614. The van der Waals surface area contributed by atoms with E-state index in [0.29, 0.717) is 17.8 Å². The van der Waals surface area contributed by atoms with Crippen molar-refractivity contribution in [2.45, 2.75) is 60.9 Å². The maximum Gasteiger partial charge on any atom is 0.0639 e. The Morgan fingerprint density at radius 1 is 1.12 bits per heavy atom. The summed E-state index contributed by atoms with van der Waals surface area (Å²) in [5.74, 6) is 1.72. The third-order valence-corrected chi connectivity index (χ3v) is 5.19. The number of nitrogens with zero attached hydrogens (tertiary/aromatic N) is 1. The lowest BCUT2D eigenvalue weighted by Gasteiger charge is -2.49. The van der Waals surface area contributed by atoms with Gasteiger partial charge in [-0.3, -0.25) is 4.99 Å². The fraction of sp³-hybridized carbons (Fsp3) is 0.812. The second-order valence-corrected chi connectivity index (χ2v) is 7.04. The third-order valence-electron chi connectivity index (χ3n) is 5.19. The van der Waals surface area contributed by atoms with E-state index in [-0.39, 0.29) is 11.0 Å². The van der Waals surface area contributed by atoms with Crippen LogP contribution >= 0.6 is 0 Å². The van der Waals surface area contributed by atoms with Gasteiger partial charge < -0.3 is 0 Å². The molecule has 0 N–H and O–H groups in total. The van der Waals surface area contributed by atoms with Crippen LogP contribution in [0.2, 0.25) is 0 Å². The molecule has 0 aromatic carbocycles. The van der Waals surface area contributed by atoms with Crippen molar-refractivity contribution in [2.75, 3.05) is 0 Å². The van der Waals surface area contributed by atoms with E-state index in [1.807, 2.05) is 0 Å². The number of hydrogen-bond acceptors (Lipinski definition) is 1. The maximum atomic E-state index is 4.96. The molecule has 1 rings (SSSR count). The molecule has 98 valence electrons. The first-order chi connectivity index (χ1) is 7.52. The monoisotopic (exact) mass is 235 g/mol. The summed E-state index contributed by atoms with van der Waals surface area (Å²) in [6.45, 7) is 22.5. The van der Waals surface area contributed by atoms with Crippen LogP contribution in [0.15, 0.2) is 17.1 Å². The molecular weight excluding hydrogens is 206 g/mol. The van der Waals surface area contributed by atoms with Gasteiger partial charge in [0.2, 0.25) is 0 Å². The zero-order valence-corrected chi connectivity index (χ0v) is 12.9. The minimum absolute atomic E-state index is 0.0403. The summed E-state index contributed by atoms with van der Waals surface area (Å²) < 4.78 is 0. The molecule has 2 unspecified atom stereocenters. The first-order valence-electron chi connectivity index (χ1n) is 6.78. The van der Waals surface area contributed by atoms with Crippen molar-refractivity contribution >= 4 is 5.71 Å². The van der Waals surface area contributed by atoms with Crippen molar-refractivity contribution in [1.29, 1.82) is 0 Å². The number of hydrogen-bond donors (Lipinski definition) is 0. The zero-order valence-electron chi connectivity index (χ0n) is 12.9. The molecule has 0 aromatic rings. The molecular formula is C16H29N. The summed E-state index contributed by atoms with van der Waals surface area (Å²) in [4.78, 5) is 4.96. The van der Waals surface area contributed by atoms with E-state index >= 15 is 0 Å². The lowest BCUT2D eigenvalue weighted by molar-refractivity contribution is 0.204. The molecule has 2 atom stereocenters. The van der Waals surface area contributed by atoms with Gasteiger partial charge in [0.15, 0.2) is 0 Å². The molecule has 0 aliphatic carbocycles. The SMILES string of the molecule is C=C1C(C(C)C(C)C)C(C)=NC(C)(C)C1(C)C. The van der Waals surface area contributed by atoms with Gasteiger partial charge in [0.1, 0.15) is 0 Å². The van der Waals surface area contributed by atoms with Crippen LogP contribution in [0.5, 0.6) is 0 Å². The van der Waals surface area contributed by atoms with E-state index in [1.165, 1.54) is 11.3 Å². The van der Waals surface area contributed by atoms with Gasteiger partial charge in [-0.1, -0.05) is 46.8 Å². The summed E-state index contributed by atoms with van der Waals surface area (Å²) in [5.41, 5.74) is 2.65. The highest BCUT2D eigenvalue weighted by Gasteiger charge is 2.47. The highest BCUT2D eigenvalue weighted by Crippen LogP contribution is 2.49. The lowest BCUT2D eigenvalue weighted by Crippen LogP contribution is -2.48. The molecule has 1 nitrogen and oxygen atoms in total. The maximum absolute atomic E-state index is 4.96. The summed E-state index contributed by atoms with van der Waals surface area (Å²) in [6.07, 6.45) is 0. The van der Waals surface area contributed by atoms with Gasteiger partial charge in [0.05, 0.1) is 5.54 Å². The van der Waals surface area contributed by atoms with Gasteiger partial charge in [-0.2, -0.15) is 0 Å². The van der Waals surface area contributed by atoms with Crippen molar-refractivity contribution in [2.24, 2.45) is 28.2 Å². The summed E-state index contributed by atoms with van der Waals surface area (Å²) in [7, 11) is 0. The van der Waals surface area contributed by atoms with Crippen LogP contribution in [0.3, 0.4) is 0 Å². The Balaban J connectivity index is 3.24. The van der Waals surface area contributed by atoms with E-state index < -0.39 is 0 Å². The third kappa shape index (κ3) is 2.21. The minimum Gasteiger partial charge on any atom is -0.287 e. The van der Waals surface area contributed by atoms with E-state index in [0.717, 1.165) is 0 Å². The molecule has 0 saturated heterocycles. The molecule has 1 aliphatic heterocycles. The molecule has 0 spiro atoms. The highest BCUT2D eigenvalue weighted by molar-refractivity contribution is 5.89. The van der Waals surface area contributed by atoms with Gasteiger partial charge in [-0.25, -0.2) is 0 Å². The summed E-state index contributed by atoms with van der Waals surface area (Å²) in [6, 6.07) is 0. The number of aliphatic imine (C=N–C) groups is 1. The summed E-state index contributed by atoms with van der Waals surface area (Å²) >= 11 is 0. The first kappa shape index (κ1) is 14.5. The van der Waals surface area contributed by atoms with Gasteiger partial charge in [0.25, 0.3) is 0 Å². The molecule has 1 heterocycles. The van der Waals surface area contributed by atoms with Crippen LogP contribution in [0.4, 0.5) is 0 Å². The number of rotatable bonds is 2. The minimum atomic E-state index is -0.0403. The van der Waals surface area contributed by atoms with Crippen LogP contribution in [-0.2, 0) is 0 Å². The predicted molar refractivity (Wildman–Crippen MR) is 77.6 cm³/mol. The lowest BCUT2D eigenvalue weighted by atomic mass is 9.60. The molecule has 0 amide bonds. The first-order valence-corrected chi connectivity index (χ1v) is 6.78. The molecule has 0 fully saturated rings. The zero-order chi connectivity index (χ0) is 13.6. The topological polar surface area (TPSA) is 12.4 Å². The highest BCUT2D eigenvalue weighted by atomic mass is 14.9. The van der Waals surface area contributed by atoms with Crippen molar-refractivity contribution in [1.82, 2.24) is 0 Å². The van der Waals surface area contributed by atoms with Crippen molar-refractivity contribution in [3.63, 3.8) is 0 Å². The van der Waals surface area contributed by atoms with Gasteiger partial charge in [-0.15, -0.1) is 0 Å². The fourth-order valence-electron chi connectivity index (χ4n) is 2.77. The second kappa shape index (κ2) is 4.26. The van der Waals surface area contributed by atoms with Crippen LogP contribution in [0.25, 0.3) is 0 Å². The van der Waals surface area contributed by atoms with E-state index in [4.69, 9.17) is 4.99 Å². The molecule has 0 bridgehead atoms. The van der Waals surface area contributed by atoms with Gasteiger partial charge in [0, 0.05) is 17.0 Å². The van der Waals surface area contributed by atoms with Crippen molar-refractivity contribution in [3.05, 3.63) is 12.2 Å². The van der Waals surface area contributed by atoms with Gasteiger partial charge in [-0.05, 0) is 32.6 Å². The largest absolute Gasteiger partial charge is 0.287 e. The molecule has 17 heavy (non-hydrogen) atoms. The fourth-order valence-corrected chi connectivity index (χ4v) is 2.77. The van der Waals surface area contributed by atoms with E-state index in [9.17, 15) is 0 Å². The van der Waals surface area contributed by atoms with E-state index in [2.05, 4.69) is 62.0 Å². The Kier molecular flexibility index (Phi) is 3.63.